The van der Waals surface area contributed by atoms with Crippen LogP contribution >= 0.6 is 34.7 Å². The average molecular weight is 325 g/mol. The Kier molecular flexibility index (Phi) is 5.64. The van der Waals surface area contributed by atoms with E-state index in [0.29, 0.717) is 10.8 Å². The first-order chi connectivity index (χ1) is 9.65. The first-order valence-corrected chi connectivity index (χ1v) is 8.14. The third-order valence-electron chi connectivity index (χ3n) is 2.46. The van der Waals surface area contributed by atoms with Gasteiger partial charge in [-0.25, -0.2) is 5.43 Å². The zero-order valence-corrected chi connectivity index (χ0v) is 13.2. The van der Waals surface area contributed by atoms with Crippen molar-refractivity contribution in [3.63, 3.8) is 0 Å². The number of aryl methyl sites for hydroxylation is 1. The Morgan fingerprint density at radius 1 is 1.40 bits per heavy atom. The minimum atomic E-state index is -0.129. The van der Waals surface area contributed by atoms with E-state index in [2.05, 4.69) is 10.5 Å². The lowest BCUT2D eigenvalue weighted by Crippen LogP contribution is -2.19. The zero-order valence-electron chi connectivity index (χ0n) is 10.8. The van der Waals surface area contributed by atoms with Crippen molar-refractivity contribution < 1.29 is 4.79 Å². The highest BCUT2D eigenvalue weighted by Crippen LogP contribution is 2.19. The molecule has 0 atom stereocenters. The Morgan fingerprint density at radius 3 is 2.80 bits per heavy atom. The first kappa shape index (κ1) is 15.1. The highest BCUT2D eigenvalue weighted by Gasteiger charge is 2.02. The van der Waals surface area contributed by atoms with Gasteiger partial charge in [0.2, 0.25) is 5.91 Å². The van der Waals surface area contributed by atoms with Crippen LogP contribution in [0.5, 0.6) is 0 Å². The van der Waals surface area contributed by atoms with Crippen LogP contribution in [0, 0.1) is 6.92 Å². The number of rotatable bonds is 5. The van der Waals surface area contributed by atoms with Crippen molar-refractivity contribution in [1.29, 1.82) is 0 Å². The fourth-order valence-electron chi connectivity index (χ4n) is 1.39. The topological polar surface area (TPSA) is 41.5 Å². The summed E-state index contributed by atoms with van der Waals surface area (Å²) in [7, 11) is 0. The number of thioether (sulfide) groups is 1. The number of carbonyl (C=O) groups is 1. The molecule has 2 rings (SSSR count). The Morgan fingerprint density at radius 2 is 2.15 bits per heavy atom. The Balaban J connectivity index is 1.77. The lowest BCUT2D eigenvalue weighted by Gasteiger charge is -2.01. The summed E-state index contributed by atoms with van der Waals surface area (Å²) in [4.78, 5) is 13.7. The molecule has 104 valence electrons. The molecule has 0 spiro atoms. The van der Waals surface area contributed by atoms with E-state index >= 15 is 0 Å². The van der Waals surface area contributed by atoms with Crippen LogP contribution in [0.3, 0.4) is 0 Å². The molecule has 0 saturated carbocycles. The molecule has 1 heterocycles. The smallest absolute Gasteiger partial charge is 0.250 e. The van der Waals surface area contributed by atoms with Crippen LogP contribution < -0.4 is 5.43 Å². The van der Waals surface area contributed by atoms with E-state index in [1.165, 1.54) is 11.8 Å². The van der Waals surface area contributed by atoms with E-state index < -0.39 is 0 Å². The SMILES string of the molecule is Cc1ccsc1/C=N\NC(=O)CSc1ccc(Cl)cc1. The number of benzene rings is 1. The third kappa shape index (κ3) is 4.67. The van der Waals surface area contributed by atoms with Crippen molar-refractivity contribution in [3.05, 3.63) is 51.2 Å². The van der Waals surface area contributed by atoms with Gasteiger partial charge in [-0.3, -0.25) is 4.79 Å². The zero-order chi connectivity index (χ0) is 14.4. The van der Waals surface area contributed by atoms with Gasteiger partial charge in [-0.2, -0.15) is 5.10 Å². The number of amides is 1. The summed E-state index contributed by atoms with van der Waals surface area (Å²) in [6.07, 6.45) is 1.67. The van der Waals surface area contributed by atoms with Crippen LogP contribution in [0.1, 0.15) is 10.4 Å². The standard InChI is InChI=1S/C14H13ClN2OS2/c1-10-6-7-19-13(10)8-16-17-14(18)9-20-12-4-2-11(15)3-5-12/h2-8H,9H2,1H3,(H,17,18)/b16-8-. The van der Waals surface area contributed by atoms with Crippen molar-refractivity contribution in [2.45, 2.75) is 11.8 Å². The molecule has 0 bridgehead atoms. The highest BCUT2D eigenvalue weighted by atomic mass is 35.5. The molecular weight excluding hydrogens is 312 g/mol. The Hall–Kier alpha value is -1.30. The fourth-order valence-corrected chi connectivity index (χ4v) is 2.99. The summed E-state index contributed by atoms with van der Waals surface area (Å²) in [5.41, 5.74) is 3.68. The third-order valence-corrected chi connectivity index (χ3v) is 4.67. The van der Waals surface area contributed by atoms with Crippen LogP contribution in [0.2, 0.25) is 5.02 Å². The summed E-state index contributed by atoms with van der Waals surface area (Å²) in [5.74, 6) is 0.193. The number of hydrogen-bond acceptors (Lipinski definition) is 4. The van der Waals surface area contributed by atoms with Crippen molar-refractivity contribution in [1.82, 2.24) is 5.43 Å². The molecule has 20 heavy (non-hydrogen) atoms. The molecule has 0 fully saturated rings. The summed E-state index contributed by atoms with van der Waals surface area (Å²) in [6.45, 7) is 2.01. The van der Waals surface area contributed by atoms with Crippen LogP contribution in [-0.2, 0) is 4.79 Å². The van der Waals surface area contributed by atoms with Crippen LogP contribution in [0.25, 0.3) is 0 Å². The molecule has 1 N–H and O–H groups in total. The second-order valence-electron chi connectivity index (χ2n) is 4.00. The van der Waals surface area contributed by atoms with E-state index in [1.807, 2.05) is 30.5 Å². The van der Waals surface area contributed by atoms with E-state index in [-0.39, 0.29) is 5.91 Å². The normalized spacial score (nSPS) is 10.9. The maximum absolute atomic E-state index is 11.6. The number of carbonyl (C=O) groups excluding carboxylic acids is 1. The second kappa shape index (κ2) is 7.47. The number of nitrogens with one attached hydrogen (secondary N) is 1. The van der Waals surface area contributed by atoms with Gasteiger partial charge in [0.25, 0.3) is 0 Å². The maximum atomic E-state index is 11.6. The van der Waals surface area contributed by atoms with E-state index in [4.69, 9.17) is 11.6 Å². The number of nitrogens with zero attached hydrogens (tertiary/aromatic N) is 1. The average Bonchev–Trinajstić information content (AvgIpc) is 2.84. The van der Waals surface area contributed by atoms with Crippen LogP contribution in [0.15, 0.2) is 45.7 Å². The summed E-state index contributed by atoms with van der Waals surface area (Å²) < 4.78 is 0. The quantitative estimate of drug-likeness (QED) is 0.514. The predicted molar refractivity (Wildman–Crippen MR) is 87.0 cm³/mol. The molecule has 0 unspecified atom stereocenters. The van der Waals surface area contributed by atoms with E-state index in [9.17, 15) is 4.79 Å². The predicted octanol–water partition coefficient (Wildman–Crippen LogP) is 3.95. The van der Waals surface area contributed by atoms with E-state index in [1.54, 1.807) is 29.7 Å². The Bertz CT molecular complexity index is 608. The molecule has 1 aromatic carbocycles. The monoisotopic (exact) mass is 324 g/mol. The van der Waals surface area contributed by atoms with Gasteiger partial charge in [-0.15, -0.1) is 23.1 Å². The molecule has 0 aliphatic carbocycles. The first-order valence-electron chi connectivity index (χ1n) is 5.89. The fraction of sp³-hybridized carbons (Fsp3) is 0.143. The van der Waals surface area contributed by atoms with Crippen molar-refractivity contribution >= 4 is 46.8 Å². The van der Waals surface area contributed by atoms with Gasteiger partial charge in [-0.05, 0) is 48.2 Å². The van der Waals surface area contributed by atoms with Gasteiger partial charge in [0.15, 0.2) is 0 Å². The molecule has 0 aliphatic rings. The summed E-state index contributed by atoms with van der Waals surface area (Å²) in [5, 5.41) is 6.64. The molecular formula is C14H13ClN2OS2. The minimum Gasteiger partial charge on any atom is -0.272 e. The van der Waals surface area contributed by atoms with Gasteiger partial charge < -0.3 is 0 Å². The maximum Gasteiger partial charge on any atom is 0.250 e. The molecule has 2 aromatic rings. The van der Waals surface area contributed by atoms with Gasteiger partial charge in [0, 0.05) is 14.8 Å². The molecule has 3 nitrogen and oxygen atoms in total. The van der Waals surface area contributed by atoms with Gasteiger partial charge in [0.1, 0.15) is 0 Å². The van der Waals surface area contributed by atoms with Gasteiger partial charge in [-0.1, -0.05) is 11.6 Å². The molecule has 1 aromatic heterocycles. The second-order valence-corrected chi connectivity index (χ2v) is 6.44. The lowest BCUT2D eigenvalue weighted by molar-refractivity contribution is -0.118. The highest BCUT2D eigenvalue weighted by molar-refractivity contribution is 8.00. The van der Waals surface area contributed by atoms with Gasteiger partial charge >= 0.3 is 0 Å². The van der Waals surface area contributed by atoms with Crippen LogP contribution in [0.4, 0.5) is 0 Å². The Labute approximate surface area is 131 Å². The largest absolute Gasteiger partial charge is 0.272 e. The molecule has 1 amide bonds. The van der Waals surface area contributed by atoms with Crippen molar-refractivity contribution in [3.8, 4) is 0 Å². The van der Waals surface area contributed by atoms with E-state index in [0.717, 1.165) is 15.3 Å². The van der Waals surface area contributed by atoms with Gasteiger partial charge in [0.05, 0.1) is 12.0 Å². The number of thiophene rings is 1. The molecule has 0 saturated heterocycles. The number of hydrazone groups is 1. The molecule has 0 aliphatic heterocycles. The molecule has 6 heteroatoms. The van der Waals surface area contributed by atoms with Crippen LogP contribution in [-0.4, -0.2) is 17.9 Å². The number of halogens is 1. The number of hydrogen-bond donors (Lipinski definition) is 1. The van der Waals surface area contributed by atoms with Crippen molar-refractivity contribution in [2.75, 3.05) is 5.75 Å². The summed E-state index contributed by atoms with van der Waals surface area (Å²) in [6, 6.07) is 9.40. The molecule has 0 radical (unpaired) electrons. The van der Waals surface area contributed by atoms with Crippen molar-refractivity contribution in [2.24, 2.45) is 5.10 Å². The lowest BCUT2D eigenvalue weighted by atomic mass is 10.3. The summed E-state index contributed by atoms with van der Waals surface area (Å²) >= 11 is 8.84. The minimum absolute atomic E-state index is 0.129.